The average molecular weight is 276 g/mol. The third-order valence-electron chi connectivity index (χ3n) is 3.40. The smallest absolute Gasteiger partial charge is 0.326 e. The van der Waals surface area contributed by atoms with Crippen LogP contribution in [0.15, 0.2) is 24.3 Å². The highest BCUT2D eigenvalue weighted by Crippen LogP contribution is 2.20. The number of likely N-dealkylation sites (tertiary alicyclic amines) is 1. The standard InChI is InChI=1S/C14H16N2O4/c1-15-12(17)9-4-2-5-10(8-9)13(18)16-7-3-6-11(16)14(19)20/h2,4-5,8,11H,3,6-7H2,1H3,(H,15,17)(H,19,20). The Kier molecular flexibility index (Phi) is 4.02. The van der Waals surface area contributed by atoms with Crippen LogP contribution < -0.4 is 5.32 Å². The quantitative estimate of drug-likeness (QED) is 0.852. The summed E-state index contributed by atoms with van der Waals surface area (Å²) < 4.78 is 0. The van der Waals surface area contributed by atoms with Crippen LogP contribution in [0.5, 0.6) is 0 Å². The third kappa shape index (κ3) is 2.64. The molecule has 0 aromatic heterocycles. The fourth-order valence-corrected chi connectivity index (χ4v) is 2.37. The lowest BCUT2D eigenvalue weighted by Crippen LogP contribution is -2.40. The Labute approximate surface area is 116 Å². The minimum absolute atomic E-state index is 0.282. The summed E-state index contributed by atoms with van der Waals surface area (Å²) in [5.41, 5.74) is 0.712. The van der Waals surface area contributed by atoms with Crippen LogP contribution in [0.4, 0.5) is 0 Å². The number of hydrogen-bond acceptors (Lipinski definition) is 3. The first-order valence-corrected chi connectivity index (χ1v) is 6.40. The zero-order valence-electron chi connectivity index (χ0n) is 11.1. The van der Waals surface area contributed by atoms with Gasteiger partial charge < -0.3 is 15.3 Å². The lowest BCUT2D eigenvalue weighted by Gasteiger charge is -2.21. The van der Waals surface area contributed by atoms with Gasteiger partial charge in [-0.2, -0.15) is 0 Å². The lowest BCUT2D eigenvalue weighted by molar-refractivity contribution is -0.141. The number of carboxylic acid groups (broad SMARTS) is 1. The second kappa shape index (κ2) is 5.73. The van der Waals surface area contributed by atoms with E-state index in [0.29, 0.717) is 30.5 Å². The van der Waals surface area contributed by atoms with Crippen molar-refractivity contribution in [3.8, 4) is 0 Å². The van der Waals surface area contributed by atoms with Crippen LogP contribution in [0, 0.1) is 0 Å². The van der Waals surface area contributed by atoms with Crippen LogP contribution in [0.25, 0.3) is 0 Å². The molecule has 0 aliphatic carbocycles. The molecule has 1 aliphatic rings. The molecule has 0 radical (unpaired) electrons. The normalized spacial score (nSPS) is 17.9. The number of aliphatic carboxylic acids is 1. The molecular weight excluding hydrogens is 260 g/mol. The van der Waals surface area contributed by atoms with Crippen molar-refractivity contribution in [2.24, 2.45) is 0 Å². The highest BCUT2D eigenvalue weighted by Gasteiger charge is 2.34. The first-order valence-electron chi connectivity index (χ1n) is 6.40. The van der Waals surface area contributed by atoms with E-state index in [1.54, 1.807) is 18.2 Å². The van der Waals surface area contributed by atoms with Gasteiger partial charge in [-0.25, -0.2) is 4.79 Å². The van der Waals surface area contributed by atoms with Crippen molar-refractivity contribution in [2.45, 2.75) is 18.9 Å². The highest BCUT2D eigenvalue weighted by atomic mass is 16.4. The maximum atomic E-state index is 12.4. The summed E-state index contributed by atoms with van der Waals surface area (Å²) in [6, 6.07) is 5.52. The molecule has 1 unspecified atom stereocenters. The van der Waals surface area contributed by atoms with Crippen LogP contribution in [0.1, 0.15) is 33.6 Å². The number of rotatable bonds is 3. The van der Waals surface area contributed by atoms with E-state index in [1.165, 1.54) is 18.0 Å². The predicted octanol–water partition coefficient (Wildman–Crippen LogP) is 0.735. The molecule has 1 fully saturated rings. The number of nitrogens with one attached hydrogen (secondary N) is 1. The van der Waals surface area contributed by atoms with Gasteiger partial charge in [0.1, 0.15) is 6.04 Å². The number of hydrogen-bond donors (Lipinski definition) is 2. The molecule has 106 valence electrons. The van der Waals surface area contributed by atoms with Crippen molar-refractivity contribution >= 4 is 17.8 Å². The van der Waals surface area contributed by atoms with Crippen molar-refractivity contribution in [3.63, 3.8) is 0 Å². The van der Waals surface area contributed by atoms with Gasteiger partial charge in [-0.1, -0.05) is 6.07 Å². The van der Waals surface area contributed by atoms with Gasteiger partial charge in [-0.05, 0) is 31.0 Å². The van der Waals surface area contributed by atoms with E-state index in [0.717, 1.165) is 0 Å². The van der Waals surface area contributed by atoms with E-state index in [1.807, 2.05) is 0 Å². The molecule has 1 atom stereocenters. The minimum atomic E-state index is -0.988. The van der Waals surface area contributed by atoms with Gasteiger partial charge in [-0.3, -0.25) is 9.59 Å². The van der Waals surface area contributed by atoms with E-state index in [4.69, 9.17) is 5.11 Å². The molecule has 6 nitrogen and oxygen atoms in total. The fraction of sp³-hybridized carbons (Fsp3) is 0.357. The predicted molar refractivity (Wildman–Crippen MR) is 71.5 cm³/mol. The summed E-state index contributed by atoms with van der Waals surface area (Å²) >= 11 is 0. The van der Waals surface area contributed by atoms with Gasteiger partial charge in [0.25, 0.3) is 11.8 Å². The van der Waals surface area contributed by atoms with Gasteiger partial charge in [0.05, 0.1) is 0 Å². The topological polar surface area (TPSA) is 86.7 Å². The number of benzene rings is 1. The molecule has 0 saturated carbocycles. The molecule has 2 N–H and O–H groups in total. The number of carboxylic acids is 1. The average Bonchev–Trinajstić information content (AvgIpc) is 2.95. The highest BCUT2D eigenvalue weighted by molar-refractivity contribution is 6.00. The first-order chi connectivity index (χ1) is 9.54. The SMILES string of the molecule is CNC(=O)c1cccc(C(=O)N2CCCC2C(=O)O)c1. The van der Waals surface area contributed by atoms with Crippen molar-refractivity contribution < 1.29 is 19.5 Å². The number of carbonyl (C=O) groups is 3. The molecular formula is C14H16N2O4. The number of carbonyl (C=O) groups excluding carboxylic acids is 2. The van der Waals surface area contributed by atoms with Crippen molar-refractivity contribution in [1.82, 2.24) is 10.2 Å². The van der Waals surface area contributed by atoms with Crippen molar-refractivity contribution in [3.05, 3.63) is 35.4 Å². The second-order valence-electron chi connectivity index (χ2n) is 4.65. The number of amides is 2. The van der Waals surface area contributed by atoms with Gasteiger partial charge in [0, 0.05) is 24.7 Å². The molecule has 1 aliphatic heterocycles. The largest absolute Gasteiger partial charge is 0.480 e. The Morgan fingerprint density at radius 1 is 1.30 bits per heavy atom. The maximum Gasteiger partial charge on any atom is 0.326 e. The Hall–Kier alpha value is -2.37. The number of nitrogens with zero attached hydrogens (tertiary/aromatic N) is 1. The first kappa shape index (κ1) is 14.0. The molecule has 6 heteroatoms. The Morgan fingerprint density at radius 2 is 2.00 bits per heavy atom. The van der Waals surface area contributed by atoms with Gasteiger partial charge >= 0.3 is 5.97 Å². The van der Waals surface area contributed by atoms with E-state index in [9.17, 15) is 14.4 Å². The molecule has 1 aromatic rings. The molecule has 0 bridgehead atoms. The van der Waals surface area contributed by atoms with E-state index in [2.05, 4.69) is 5.32 Å². The van der Waals surface area contributed by atoms with Gasteiger partial charge in [0.2, 0.25) is 0 Å². The second-order valence-corrected chi connectivity index (χ2v) is 4.65. The molecule has 2 rings (SSSR count). The van der Waals surface area contributed by atoms with Crippen LogP contribution in [-0.4, -0.2) is 47.4 Å². The lowest BCUT2D eigenvalue weighted by atomic mass is 10.1. The molecule has 2 amide bonds. The van der Waals surface area contributed by atoms with Gasteiger partial charge in [-0.15, -0.1) is 0 Å². The molecule has 1 saturated heterocycles. The van der Waals surface area contributed by atoms with Gasteiger partial charge in [0.15, 0.2) is 0 Å². The maximum absolute atomic E-state index is 12.4. The summed E-state index contributed by atoms with van der Waals surface area (Å²) in [5.74, 6) is -1.62. The van der Waals surface area contributed by atoms with Crippen molar-refractivity contribution in [2.75, 3.05) is 13.6 Å². The minimum Gasteiger partial charge on any atom is -0.480 e. The molecule has 0 spiro atoms. The van der Waals surface area contributed by atoms with Crippen LogP contribution in [0.3, 0.4) is 0 Å². The summed E-state index contributed by atoms with van der Waals surface area (Å²) in [4.78, 5) is 36.4. The third-order valence-corrected chi connectivity index (χ3v) is 3.40. The van der Waals surface area contributed by atoms with Crippen LogP contribution >= 0.6 is 0 Å². The van der Waals surface area contributed by atoms with Crippen LogP contribution in [0.2, 0.25) is 0 Å². The fourth-order valence-electron chi connectivity index (χ4n) is 2.37. The van der Waals surface area contributed by atoms with E-state index >= 15 is 0 Å². The Balaban J connectivity index is 2.25. The molecule has 20 heavy (non-hydrogen) atoms. The Bertz CT molecular complexity index is 556. The zero-order chi connectivity index (χ0) is 14.7. The summed E-state index contributed by atoms with van der Waals surface area (Å²) in [5, 5.41) is 11.6. The summed E-state index contributed by atoms with van der Waals surface area (Å²) in [6.07, 6.45) is 1.15. The molecule has 1 heterocycles. The van der Waals surface area contributed by atoms with E-state index in [-0.39, 0.29) is 11.8 Å². The monoisotopic (exact) mass is 276 g/mol. The van der Waals surface area contributed by atoms with Crippen LogP contribution in [-0.2, 0) is 4.79 Å². The molecule has 1 aromatic carbocycles. The summed E-state index contributed by atoms with van der Waals surface area (Å²) in [7, 11) is 1.51. The van der Waals surface area contributed by atoms with E-state index < -0.39 is 12.0 Å². The summed E-state index contributed by atoms with van der Waals surface area (Å²) in [6.45, 7) is 0.431. The zero-order valence-corrected chi connectivity index (χ0v) is 11.1. The van der Waals surface area contributed by atoms with Crippen molar-refractivity contribution in [1.29, 1.82) is 0 Å². The Morgan fingerprint density at radius 3 is 2.65 bits per heavy atom.